The summed E-state index contributed by atoms with van der Waals surface area (Å²) in [5, 5.41) is 19.4. The topological polar surface area (TPSA) is 117 Å². The van der Waals surface area contributed by atoms with Crippen LogP contribution in [0.15, 0.2) is 22.8 Å². The molecule has 0 saturated heterocycles. The van der Waals surface area contributed by atoms with Crippen LogP contribution in [0.25, 0.3) is 0 Å². The van der Waals surface area contributed by atoms with Gasteiger partial charge in [0.2, 0.25) is 0 Å². The third-order valence-corrected chi connectivity index (χ3v) is 2.60. The molecule has 1 atom stereocenters. The third-order valence-electron chi connectivity index (χ3n) is 1.96. The lowest BCUT2D eigenvalue weighted by Crippen LogP contribution is -2.42. The van der Waals surface area contributed by atoms with Crippen LogP contribution >= 0.6 is 15.9 Å². The van der Waals surface area contributed by atoms with Crippen LogP contribution in [0.2, 0.25) is 0 Å². The average molecular weight is 317 g/mol. The van der Waals surface area contributed by atoms with Crippen molar-refractivity contribution in [3.05, 3.63) is 28.5 Å². The van der Waals surface area contributed by atoms with Gasteiger partial charge in [-0.05, 0) is 28.1 Å². The highest BCUT2D eigenvalue weighted by Crippen LogP contribution is 2.13. The number of hydrogen-bond acceptors (Lipinski definition) is 4. The Bertz CT molecular complexity index is 491. The lowest BCUT2D eigenvalue weighted by molar-refractivity contribution is -0.145. The highest BCUT2D eigenvalue weighted by Gasteiger charge is 2.24. The third kappa shape index (κ3) is 3.81. The predicted molar refractivity (Wildman–Crippen MR) is 63.1 cm³/mol. The molecule has 0 aliphatic carbocycles. The standard InChI is InChI=1S/C10H9BrN2O5/c11-5-2-1-3-12-8(5)9(16)13-6(10(17)18)4-7(14)15/h1-3,6H,4H2,(H,13,16)(H,14,15)(H,17,18)/t6-/m1/s1. The van der Waals surface area contributed by atoms with E-state index in [2.05, 4.69) is 26.2 Å². The molecular weight excluding hydrogens is 308 g/mol. The van der Waals surface area contributed by atoms with Gasteiger partial charge in [0.15, 0.2) is 0 Å². The summed E-state index contributed by atoms with van der Waals surface area (Å²) in [4.78, 5) is 36.7. The van der Waals surface area contributed by atoms with Crippen LogP contribution in [-0.4, -0.2) is 39.1 Å². The Kier molecular flexibility index (Phi) is 4.78. The molecule has 96 valence electrons. The van der Waals surface area contributed by atoms with Gasteiger partial charge in [-0.2, -0.15) is 0 Å². The maximum atomic E-state index is 11.7. The monoisotopic (exact) mass is 316 g/mol. The molecule has 0 fully saturated rings. The van der Waals surface area contributed by atoms with Crippen molar-refractivity contribution < 1.29 is 24.6 Å². The first-order valence-corrected chi connectivity index (χ1v) is 5.57. The molecule has 18 heavy (non-hydrogen) atoms. The Morgan fingerprint density at radius 2 is 2.06 bits per heavy atom. The second-order valence-electron chi connectivity index (χ2n) is 3.30. The van der Waals surface area contributed by atoms with Crippen molar-refractivity contribution >= 4 is 33.8 Å². The second kappa shape index (κ2) is 6.10. The fraction of sp³-hybridized carbons (Fsp3) is 0.200. The van der Waals surface area contributed by atoms with Gasteiger partial charge in [0, 0.05) is 10.7 Å². The maximum Gasteiger partial charge on any atom is 0.326 e. The van der Waals surface area contributed by atoms with E-state index in [4.69, 9.17) is 10.2 Å². The molecule has 0 saturated carbocycles. The van der Waals surface area contributed by atoms with E-state index >= 15 is 0 Å². The minimum atomic E-state index is -1.50. The second-order valence-corrected chi connectivity index (χ2v) is 4.15. The van der Waals surface area contributed by atoms with Crippen LogP contribution in [0.4, 0.5) is 0 Å². The van der Waals surface area contributed by atoms with Gasteiger partial charge in [0.05, 0.1) is 6.42 Å². The number of nitrogens with one attached hydrogen (secondary N) is 1. The van der Waals surface area contributed by atoms with Gasteiger partial charge in [-0.15, -0.1) is 0 Å². The number of carboxylic acids is 2. The number of aromatic nitrogens is 1. The van der Waals surface area contributed by atoms with E-state index in [1.807, 2.05) is 0 Å². The number of nitrogens with zero attached hydrogens (tertiary/aromatic N) is 1. The van der Waals surface area contributed by atoms with Gasteiger partial charge in [-0.1, -0.05) is 0 Å². The predicted octanol–water partition coefficient (Wildman–Crippen LogP) is 0.502. The number of aliphatic carboxylic acids is 2. The minimum Gasteiger partial charge on any atom is -0.481 e. The van der Waals surface area contributed by atoms with E-state index in [-0.39, 0.29) is 5.69 Å². The van der Waals surface area contributed by atoms with E-state index < -0.39 is 30.3 Å². The highest BCUT2D eigenvalue weighted by molar-refractivity contribution is 9.10. The van der Waals surface area contributed by atoms with E-state index in [1.165, 1.54) is 6.20 Å². The number of rotatable bonds is 5. The maximum absolute atomic E-state index is 11.7. The fourth-order valence-corrected chi connectivity index (χ4v) is 1.59. The number of amides is 1. The van der Waals surface area contributed by atoms with Gasteiger partial charge >= 0.3 is 11.9 Å². The first kappa shape index (κ1) is 14.1. The van der Waals surface area contributed by atoms with Gasteiger partial charge in [-0.25, -0.2) is 9.78 Å². The molecule has 0 unspecified atom stereocenters. The molecule has 1 amide bonds. The molecule has 7 nitrogen and oxygen atoms in total. The van der Waals surface area contributed by atoms with E-state index in [1.54, 1.807) is 12.1 Å². The summed E-state index contributed by atoms with van der Waals surface area (Å²) in [5.41, 5.74) is -0.00543. The van der Waals surface area contributed by atoms with Crippen LogP contribution in [0.1, 0.15) is 16.9 Å². The Morgan fingerprint density at radius 3 is 2.56 bits per heavy atom. The molecule has 1 rings (SSSR count). The van der Waals surface area contributed by atoms with Crippen LogP contribution in [0.3, 0.4) is 0 Å². The molecule has 0 aliphatic heterocycles. The van der Waals surface area contributed by atoms with Gasteiger partial charge in [-0.3, -0.25) is 9.59 Å². The van der Waals surface area contributed by atoms with Crippen molar-refractivity contribution in [2.75, 3.05) is 0 Å². The first-order chi connectivity index (χ1) is 8.41. The van der Waals surface area contributed by atoms with Gasteiger partial charge in [0.25, 0.3) is 5.91 Å². The number of hydrogen-bond donors (Lipinski definition) is 3. The summed E-state index contributed by atoms with van der Waals surface area (Å²) < 4.78 is 0.391. The minimum absolute atomic E-state index is 0.00543. The molecular formula is C10H9BrN2O5. The SMILES string of the molecule is O=C(O)C[C@@H](NC(=O)c1ncccc1Br)C(=O)O. The molecule has 1 aromatic rings. The zero-order valence-electron chi connectivity index (χ0n) is 8.96. The Morgan fingerprint density at radius 1 is 1.39 bits per heavy atom. The molecule has 0 bridgehead atoms. The van der Waals surface area contributed by atoms with Crippen molar-refractivity contribution in [1.29, 1.82) is 0 Å². The molecule has 3 N–H and O–H groups in total. The Balaban J connectivity index is 2.82. The van der Waals surface area contributed by atoms with Crippen molar-refractivity contribution in [1.82, 2.24) is 10.3 Å². The number of pyridine rings is 1. The zero-order chi connectivity index (χ0) is 13.7. The fourth-order valence-electron chi connectivity index (χ4n) is 1.15. The average Bonchev–Trinajstić information content (AvgIpc) is 2.27. The summed E-state index contributed by atoms with van der Waals surface area (Å²) in [6, 6.07) is 1.66. The molecule has 0 aliphatic rings. The van der Waals surface area contributed by atoms with Crippen LogP contribution in [0, 0.1) is 0 Å². The zero-order valence-corrected chi connectivity index (χ0v) is 10.5. The first-order valence-electron chi connectivity index (χ1n) is 4.77. The van der Waals surface area contributed by atoms with Crippen molar-refractivity contribution in [3.63, 3.8) is 0 Å². The Labute approximate surface area is 110 Å². The Hall–Kier alpha value is -1.96. The molecule has 8 heteroatoms. The molecule has 0 radical (unpaired) electrons. The normalized spacial score (nSPS) is 11.6. The van der Waals surface area contributed by atoms with Gasteiger partial charge < -0.3 is 15.5 Å². The smallest absolute Gasteiger partial charge is 0.326 e. The molecule has 0 spiro atoms. The number of carboxylic acid groups (broad SMARTS) is 2. The molecule has 1 aromatic heterocycles. The lowest BCUT2D eigenvalue weighted by atomic mass is 10.2. The largest absolute Gasteiger partial charge is 0.481 e. The lowest BCUT2D eigenvalue weighted by Gasteiger charge is -2.12. The number of carbonyl (C=O) groups excluding carboxylic acids is 1. The van der Waals surface area contributed by atoms with Crippen molar-refractivity contribution in [2.45, 2.75) is 12.5 Å². The summed E-state index contributed by atoms with van der Waals surface area (Å²) in [7, 11) is 0. The highest BCUT2D eigenvalue weighted by atomic mass is 79.9. The summed E-state index contributed by atoms with van der Waals surface area (Å²) in [6.45, 7) is 0. The molecule has 0 aromatic carbocycles. The van der Waals surface area contributed by atoms with Gasteiger partial charge in [0.1, 0.15) is 11.7 Å². The number of carbonyl (C=O) groups is 3. The summed E-state index contributed by atoms with van der Waals surface area (Å²) in [5.74, 6) is -3.49. The quantitative estimate of drug-likeness (QED) is 0.728. The van der Waals surface area contributed by atoms with Crippen LogP contribution in [-0.2, 0) is 9.59 Å². The van der Waals surface area contributed by atoms with Crippen molar-refractivity contribution in [2.24, 2.45) is 0 Å². The van der Waals surface area contributed by atoms with Crippen LogP contribution in [0.5, 0.6) is 0 Å². The van der Waals surface area contributed by atoms with Crippen molar-refractivity contribution in [3.8, 4) is 0 Å². The van der Waals surface area contributed by atoms with E-state index in [0.717, 1.165) is 0 Å². The van der Waals surface area contributed by atoms with E-state index in [9.17, 15) is 14.4 Å². The summed E-state index contributed by atoms with van der Waals surface area (Å²) in [6.07, 6.45) is 0.665. The molecule has 1 heterocycles. The summed E-state index contributed by atoms with van der Waals surface area (Å²) >= 11 is 3.09. The van der Waals surface area contributed by atoms with Crippen LogP contribution < -0.4 is 5.32 Å². The van der Waals surface area contributed by atoms with E-state index in [0.29, 0.717) is 4.47 Å². The number of halogens is 1.